The maximum absolute atomic E-state index is 11.0. The summed E-state index contributed by atoms with van der Waals surface area (Å²) in [6, 6.07) is 4.62. The van der Waals surface area contributed by atoms with Crippen LogP contribution in [0.1, 0.15) is 15.9 Å². The summed E-state index contributed by atoms with van der Waals surface area (Å²) in [6.07, 6.45) is -1.14. The summed E-state index contributed by atoms with van der Waals surface area (Å²) in [4.78, 5) is 21.3. The van der Waals surface area contributed by atoms with Gasteiger partial charge in [0.05, 0.1) is 7.11 Å². The zero-order chi connectivity index (χ0) is 12.1. The SMILES string of the molecule is COc1cc(CNC(=O)O)cc(C(=O)Cl)c1. The summed E-state index contributed by atoms with van der Waals surface area (Å²) < 4.78 is 4.97. The molecule has 1 amide bonds. The van der Waals surface area contributed by atoms with Crippen LogP contribution in [-0.2, 0) is 6.54 Å². The van der Waals surface area contributed by atoms with Crippen molar-refractivity contribution in [1.29, 1.82) is 0 Å². The van der Waals surface area contributed by atoms with Crippen LogP contribution >= 0.6 is 11.6 Å². The third-order valence-corrected chi connectivity index (χ3v) is 2.09. The van der Waals surface area contributed by atoms with E-state index in [1.54, 1.807) is 6.07 Å². The molecule has 5 nitrogen and oxygen atoms in total. The van der Waals surface area contributed by atoms with Gasteiger partial charge < -0.3 is 15.2 Å². The maximum Gasteiger partial charge on any atom is 0.404 e. The lowest BCUT2D eigenvalue weighted by atomic mass is 10.1. The Bertz CT molecular complexity index is 419. The smallest absolute Gasteiger partial charge is 0.404 e. The van der Waals surface area contributed by atoms with Gasteiger partial charge in [0.1, 0.15) is 5.75 Å². The molecule has 0 aromatic heterocycles. The van der Waals surface area contributed by atoms with Gasteiger partial charge in [0, 0.05) is 12.1 Å². The number of amides is 1. The van der Waals surface area contributed by atoms with E-state index in [4.69, 9.17) is 21.4 Å². The van der Waals surface area contributed by atoms with Crippen molar-refractivity contribution in [3.63, 3.8) is 0 Å². The number of hydrogen-bond acceptors (Lipinski definition) is 3. The Balaban J connectivity index is 2.95. The van der Waals surface area contributed by atoms with E-state index >= 15 is 0 Å². The van der Waals surface area contributed by atoms with E-state index in [1.807, 2.05) is 0 Å². The standard InChI is InChI=1S/C10H10ClNO4/c1-16-8-3-6(5-12-10(14)15)2-7(4-8)9(11)13/h2-4,12H,5H2,1H3,(H,14,15). The van der Waals surface area contributed by atoms with Crippen LogP contribution < -0.4 is 10.1 Å². The van der Waals surface area contributed by atoms with Crippen molar-refractivity contribution < 1.29 is 19.4 Å². The van der Waals surface area contributed by atoms with Crippen LogP contribution in [0.25, 0.3) is 0 Å². The quantitative estimate of drug-likeness (QED) is 0.792. The molecule has 1 aromatic rings. The van der Waals surface area contributed by atoms with Crippen molar-refractivity contribution in [3.8, 4) is 5.75 Å². The first-order chi connectivity index (χ1) is 7.52. The molecule has 0 bridgehead atoms. The molecule has 0 radical (unpaired) electrons. The Kier molecular flexibility index (Phi) is 4.13. The number of hydrogen-bond donors (Lipinski definition) is 2. The van der Waals surface area contributed by atoms with Crippen LogP contribution in [0.15, 0.2) is 18.2 Å². The average molecular weight is 244 g/mol. The van der Waals surface area contributed by atoms with Gasteiger partial charge in [-0.15, -0.1) is 0 Å². The topological polar surface area (TPSA) is 75.6 Å². The zero-order valence-corrected chi connectivity index (χ0v) is 9.25. The maximum atomic E-state index is 11.0. The van der Waals surface area contributed by atoms with Gasteiger partial charge in [-0.2, -0.15) is 0 Å². The molecule has 1 aromatic carbocycles. The third-order valence-electron chi connectivity index (χ3n) is 1.87. The van der Waals surface area contributed by atoms with Gasteiger partial charge in [0.2, 0.25) is 0 Å². The third kappa shape index (κ3) is 3.43. The van der Waals surface area contributed by atoms with Crippen LogP contribution in [0.3, 0.4) is 0 Å². The fourth-order valence-corrected chi connectivity index (χ4v) is 1.28. The number of carboxylic acid groups (broad SMARTS) is 1. The number of benzene rings is 1. The number of carbonyl (C=O) groups excluding carboxylic acids is 1. The zero-order valence-electron chi connectivity index (χ0n) is 8.49. The van der Waals surface area contributed by atoms with Gasteiger partial charge >= 0.3 is 6.09 Å². The summed E-state index contributed by atoms with van der Waals surface area (Å²) in [5, 5.41) is 10.0. The van der Waals surface area contributed by atoms with Crippen LogP contribution in [0.4, 0.5) is 4.79 Å². The Hall–Kier alpha value is -1.75. The van der Waals surface area contributed by atoms with E-state index in [2.05, 4.69) is 5.32 Å². The molecule has 0 aliphatic rings. The molecule has 0 saturated carbocycles. The Morgan fingerprint density at radius 3 is 2.62 bits per heavy atom. The van der Waals surface area contributed by atoms with Gasteiger partial charge in [-0.25, -0.2) is 4.79 Å². The lowest BCUT2D eigenvalue weighted by Gasteiger charge is -2.06. The second-order valence-corrected chi connectivity index (χ2v) is 3.35. The lowest BCUT2D eigenvalue weighted by Crippen LogP contribution is -2.20. The molecule has 16 heavy (non-hydrogen) atoms. The molecular weight excluding hydrogens is 234 g/mol. The van der Waals surface area contributed by atoms with E-state index < -0.39 is 11.3 Å². The lowest BCUT2D eigenvalue weighted by molar-refractivity contribution is 0.108. The van der Waals surface area contributed by atoms with Crippen molar-refractivity contribution in [1.82, 2.24) is 5.32 Å². The van der Waals surface area contributed by atoms with E-state index in [0.717, 1.165) is 0 Å². The largest absolute Gasteiger partial charge is 0.497 e. The molecule has 0 aliphatic heterocycles. The molecule has 0 unspecified atom stereocenters. The van der Waals surface area contributed by atoms with Gasteiger partial charge in [0.15, 0.2) is 0 Å². The minimum Gasteiger partial charge on any atom is -0.497 e. The number of ether oxygens (including phenoxy) is 1. The molecule has 0 fully saturated rings. The first-order valence-electron chi connectivity index (χ1n) is 4.37. The molecule has 2 N–H and O–H groups in total. The van der Waals surface area contributed by atoms with Gasteiger partial charge in [-0.1, -0.05) is 0 Å². The molecule has 0 heterocycles. The highest BCUT2D eigenvalue weighted by Gasteiger charge is 2.07. The minimum absolute atomic E-state index is 0.0870. The van der Waals surface area contributed by atoms with Crippen LogP contribution in [0, 0.1) is 0 Å². The van der Waals surface area contributed by atoms with E-state index in [-0.39, 0.29) is 12.1 Å². The van der Waals surface area contributed by atoms with Crippen molar-refractivity contribution in [3.05, 3.63) is 29.3 Å². The first kappa shape index (κ1) is 12.3. The number of carbonyl (C=O) groups is 2. The summed E-state index contributed by atoms with van der Waals surface area (Å²) in [7, 11) is 1.45. The predicted molar refractivity (Wildman–Crippen MR) is 58.0 cm³/mol. The number of rotatable bonds is 4. The van der Waals surface area contributed by atoms with Crippen LogP contribution in [-0.4, -0.2) is 23.6 Å². The molecule has 86 valence electrons. The highest BCUT2D eigenvalue weighted by molar-refractivity contribution is 6.67. The normalized spacial score (nSPS) is 9.62. The highest BCUT2D eigenvalue weighted by Crippen LogP contribution is 2.18. The van der Waals surface area contributed by atoms with Crippen molar-refractivity contribution in [2.45, 2.75) is 6.54 Å². The van der Waals surface area contributed by atoms with Crippen molar-refractivity contribution in [2.24, 2.45) is 0 Å². The Morgan fingerprint density at radius 1 is 1.44 bits per heavy atom. The molecule has 0 spiro atoms. The molecular formula is C10H10ClNO4. The van der Waals surface area contributed by atoms with Gasteiger partial charge in [0.25, 0.3) is 5.24 Å². The summed E-state index contributed by atoms with van der Waals surface area (Å²) in [5.41, 5.74) is 0.869. The summed E-state index contributed by atoms with van der Waals surface area (Å²) in [6.45, 7) is 0.0870. The van der Waals surface area contributed by atoms with Crippen molar-refractivity contribution >= 4 is 22.9 Å². The second kappa shape index (κ2) is 5.37. The van der Waals surface area contributed by atoms with E-state index in [1.165, 1.54) is 19.2 Å². The van der Waals surface area contributed by atoms with E-state index in [9.17, 15) is 9.59 Å². The highest BCUT2D eigenvalue weighted by atomic mass is 35.5. The van der Waals surface area contributed by atoms with Crippen molar-refractivity contribution in [2.75, 3.05) is 7.11 Å². The number of nitrogens with one attached hydrogen (secondary N) is 1. The summed E-state index contributed by atoms with van der Waals surface area (Å²) >= 11 is 5.34. The van der Waals surface area contributed by atoms with E-state index in [0.29, 0.717) is 11.3 Å². The number of halogens is 1. The van der Waals surface area contributed by atoms with Crippen LogP contribution in [0.5, 0.6) is 5.75 Å². The molecule has 0 aliphatic carbocycles. The molecule has 1 rings (SSSR count). The Morgan fingerprint density at radius 2 is 2.12 bits per heavy atom. The van der Waals surface area contributed by atoms with Crippen LogP contribution in [0.2, 0.25) is 0 Å². The predicted octanol–water partition coefficient (Wildman–Crippen LogP) is 1.84. The molecule has 0 atom stereocenters. The van der Waals surface area contributed by atoms with Gasteiger partial charge in [-0.05, 0) is 35.4 Å². The average Bonchev–Trinajstić information content (AvgIpc) is 2.25. The Labute approximate surface area is 97.0 Å². The molecule has 6 heteroatoms. The summed E-state index contributed by atoms with van der Waals surface area (Å²) in [5.74, 6) is 0.452. The fraction of sp³-hybridized carbons (Fsp3) is 0.200. The number of methoxy groups -OCH3 is 1. The monoisotopic (exact) mass is 243 g/mol. The van der Waals surface area contributed by atoms with Gasteiger partial charge in [-0.3, -0.25) is 4.79 Å². The minimum atomic E-state index is -1.14. The molecule has 0 saturated heterocycles. The second-order valence-electron chi connectivity index (χ2n) is 3.00. The fourth-order valence-electron chi connectivity index (χ4n) is 1.17. The first-order valence-corrected chi connectivity index (χ1v) is 4.75.